The second-order valence-electron chi connectivity index (χ2n) is 5.94. The lowest BCUT2D eigenvalue weighted by atomic mass is 10.0. The molecule has 21 heavy (non-hydrogen) atoms. The summed E-state index contributed by atoms with van der Waals surface area (Å²) in [7, 11) is 0. The lowest BCUT2D eigenvalue weighted by Crippen LogP contribution is -1.93. The van der Waals surface area contributed by atoms with Crippen LogP contribution in [0.2, 0.25) is 0 Å². The van der Waals surface area contributed by atoms with Gasteiger partial charge in [0.2, 0.25) is 0 Å². The molecule has 0 heterocycles. The van der Waals surface area contributed by atoms with Crippen molar-refractivity contribution in [1.82, 2.24) is 0 Å². The highest BCUT2D eigenvalue weighted by molar-refractivity contribution is 5.66. The van der Waals surface area contributed by atoms with Crippen molar-refractivity contribution in [1.29, 1.82) is 0 Å². The number of unbranched alkanes of at least 4 members (excludes halogenated alkanes) is 8. The van der Waals surface area contributed by atoms with E-state index in [1.165, 1.54) is 50.5 Å². The van der Waals surface area contributed by atoms with Crippen LogP contribution in [-0.2, 0) is 4.79 Å². The Bertz CT molecular complexity index is 292. The SMILES string of the molecule is C=C(CC=CCCCCC)CCCCCCCCC(=O)O. The minimum Gasteiger partial charge on any atom is -0.481 e. The quantitative estimate of drug-likeness (QED) is 0.285. The fourth-order valence-corrected chi connectivity index (χ4v) is 2.34. The third-order valence-corrected chi connectivity index (χ3v) is 3.72. The molecule has 0 aromatic rings. The Labute approximate surface area is 131 Å². The van der Waals surface area contributed by atoms with Crippen LogP contribution in [0, 0.1) is 0 Å². The first kappa shape index (κ1) is 19.9. The Kier molecular flexibility index (Phi) is 14.6. The van der Waals surface area contributed by atoms with E-state index in [2.05, 4.69) is 25.7 Å². The maximum absolute atomic E-state index is 10.4. The number of carboxylic acid groups (broad SMARTS) is 1. The molecule has 0 aromatic heterocycles. The van der Waals surface area contributed by atoms with Crippen molar-refractivity contribution in [3.8, 4) is 0 Å². The highest BCUT2D eigenvalue weighted by Gasteiger charge is 1.97. The number of aliphatic carboxylic acids is 1. The summed E-state index contributed by atoms with van der Waals surface area (Å²) in [5, 5.41) is 8.53. The number of hydrogen-bond donors (Lipinski definition) is 1. The van der Waals surface area contributed by atoms with E-state index in [0.717, 1.165) is 32.1 Å². The van der Waals surface area contributed by atoms with Crippen LogP contribution in [0.1, 0.15) is 90.4 Å². The Morgan fingerprint density at radius 3 is 2.14 bits per heavy atom. The third kappa shape index (κ3) is 16.9. The van der Waals surface area contributed by atoms with Gasteiger partial charge in [0.05, 0.1) is 0 Å². The van der Waals surface area contributed by atoms with Gasteiger partial charge in [-0.3, -0.25) is 4.79 Å². The predicted molar refractivity (Wildman–Crippen MR) is 91.6 cm³/mol. The molecule has 0 amide bonds. The average molecular weight is 294 g/mol. The van der Waals surface area contributed by atoms with Crippen molar-refractivity contribution in [2.45, 2.75) is 90.4 Å². The van der Waals surface area contributed by atoms with E-state index in [1.807, 2.05) is 0 Å². The monoisotopic (exact) mass is 294 g/mol. The van der Waals surface area contributed by atoms with Crippen LogP contribution in [0.3, 0.4) is 0 Å². The summed E-state index contributed by atoms with van der Waals surface area (Å²) in [5.74, 6) is -0.672. The molecule has 2 heteroatoms. The highest BCUT2D eigenvalue weighted by Crippen LogP contribution is 2.14. The maximum atomic E-state index is 10.4. The number of hydrogen-bond acceptors (Lipinski definition) is 1. The molecule has 0 fully saturated rings. The molecular weight excluding hydrogens is 260 g/mol. The summed E-state index contributed by atoms with van der Waals surface area (Å²) in [6.07, 6.45) is 18.9. The van der Waals surface area contributed by atoms with Gasteiger partial charge in [0.1, 0.15) is 0 Å². The summed E-state index contributed by atoms with van der Waals surface area (Å²) in [6.45, 7) is 6.37. The van der Waals surface area contributed by atoms with E-state index < -0.39 is 5.97 Å². The third-order valence-electron chi connectivity index (χ3n) is 3.72. The summed E-state index contributed by atoms with van der Waals surface area (Å²) in [5.41, 5.74) is 1.34. The Hall–Kier alpha value is -1.05. The largest absolute Gasteiger partial charge is 0.481 e. The maximum Gasteiger partial charge on any atom is 0.303 e. The summed E-state index contributed by atoms with van der Waals surface area (Å²) in [6, 6.07) is 0. The molecule has 1 N–H and O–H groups in total. The zero-order chi connectivity index (χ0) is 15.8. The number of rotatable bonds is 15. The van der Waals surface area contributed by atoms with E-state index >= 15 is 0 Å². The Morgan fingerprint density at radius 2 is 1.52 bits per heavy atom. The van der Waals surface area contributed by atoms with Crippen molar-refractivity contribution >= 4 is 5.97 Å². The number of allylic oxidation sites excluding steroid dienone is 3. The van der Waals surface area contributed by atoms with Crippen LogP contribution < -0.4 is 0 Å². The molecule has 122 valence electrons. The first-order chi connectivity index (χ1) is 10.2. The van der Waals surface area contributed by atoms with Crippen LogP contribution >= 0.6 is 0 Å². The molecule has 0 saturated heterocycles. The first-order valence-electron chi connectivity index (χ1n) is 8.70. The van der Waals surface area contributed by atoms with E-state index in [0.29, 0.717) is 6.42 Å². The van der Waals surface area contributed by atoms with Crippen molar-refractivity contribution < 1.29 is 9.90 Å². The van der Waals surface area contributed by atoms with E-state index in [-0.39, 0.29) is 0 Å². The molecule has 0 unspecified atom stereocenters. The molecule has 0 aromatic carbocycles. The number of carbonyl (C=O) groups is 1. The van der Waals surface area contributed by atoms with E-state index in [4.69, 9.17) is 5.11 Å². The van der Waals surface area contributed by atoms with Crippen LogP contribution in [0.25, 0.3) is 0 Å². The predicted octanol–water partition coefficient (Wildman–Crippen LogP) is 6.27. The van der Waals surface area contributed by atoms with Gasteiger partial charge in [-0.1, -0.05) is 69.8 Å². The van der Waals surface area contributed by atoms with Gasteiger partial charge in [0.15, 0.2) is 0 Å². The molecule has 0 aliphatic heterocycles. The molecule has 0 spiro atoms. The summed E-state index contributed by atoms with van der Waals surface area (Å²) < 4.78 is 0. The molecule has 0 aliphatic carbocycles. The summed E-state index contributed by atoms with van der Waals surface area (Å²) >= 11 is 0. The summed E-state index contributed by atoms with van der Waals surface area (Å²) in [4.78, 5) is 10.4. The molecule has 0 radical (unpaired) electrons. The second kappa shape index (κ2) is 15.3. The standard InChI is InChI=1S/C19H34O2/c1-3-4-5-6-9-12-15-18(2)16-13-10-7-8-11-14-17-19(20)21/h9,12H,2-8,10-11,13-17H2,1H3,(H,20,21). The molecular formula is C19H34O2. The van der Waals surface area contributed by atoms with Gasteiger partial charge in [0.25, 0.3) is 0 Å². The lowest BCUT2D eigenvalue weighted by Gasteiger charge is -2.03. The smallest absolute Gasteiger partial charge is 0.303 e. The Balaban J connectivity index is 3.28. The first-order valence-corrected chi connectivity index (χ1v) is 8.70. The van der Waals surface area contributed by atoms with Gasteiger partial charge in [0, 0.05) is 6.42 Å². The van der Waals surface area contributed by atoms with Crippen molar-refractivity contribution in [3.05, 3.63) is 24.3 Å². The van der Waals surface area contributed by atoms with Crippen molar-refractivity contribution in [2.24, 2.45) is 0 Å². The van der Waals surface area contributed by atoms with Gasteiger partial charge in [-0.25, -0.2) is 0 Å². The number of carboxylic acids is 1. The highest BCUT2D eigenvalue weighted by atomic mass is 16.4. The zero-order valence-electron chi connectivity index (χ0n) is 13.9. The molecule has 0 aliphatic rings. The molecule has 2 nitrogen and oxygen atoms in total. The zero-order valence-corrected chi connectivity index (χ0v) is 13.9. The van der Waals surface area contributed by atoms with Gasteiger partial charge < -0.3 is 5.11 Å². The second-order valence-corrected chi connectivity index (χ2v) is 5.94. The van der Waals surface area contributed by atoms with Gasteiger partial charge >= 0.3 is 5.97 Å². The minimum absolute atomic E-state index is 0.321. The molecule has 0 bridgehead atoms. The molecule has 0 rings (SSSR count). The topological polar surface area (TPSA) is 37.3 Å². The fraction of sp³-hybridized carbons (Fsp3) is 0.737. The van der Waals surface area contributed by atoms with Crippen LogP contribution in [-0.4, -0.2) is 11.1 Å². The van der Waals surface area contributed by atoms with E-state index in [9.17, 15) is 4.79 Å². The average Bonchev–Trinajstić information content (AvgIpc) is 2.45. The molecule has 0 saturated carbocycles. The minimum atomic E-state index is -0.672. The van der Waals surface area contributed by atoms with Crippen LogP contribution in [0.15, 0.2) is 24.3 Å². The van der Waals surface area contributed by atoms with Crippen molar-refractivity contribution in [2.75, 3.05) is 0 Å². The van der Waals surface area contributed by atoms with Crippen LogP contribution in [0.4, 0.5) is 0 Å². The van der Waals surface area contributed by atoms with Crippen LogP contribution in [0.5, 0.6) is 0 Å². The fourth-order valence-electron chi connectivity index (χ4n) is 2.34. The normalized spacial score (nSPS) is 11.1. The van der Waals surface area contributed by atoms with Crippen molar-refractivity contribution in [3.63, 3.8) is 0 Å². The van der Waals surface area contributed by atoms with E-state index in [1.54, 1.807) is 0 Å². The van der Waals surface area contributed by atoms with Gasteiger partial charge in [-0.15, -0.1) is 0 Å². The molecule has 0 atom stereocenters. The van der Waals surface area contributed by atoms with Gasteiger partial charge in [-0.2, -0.15) is 0 Å². The van der Waals surface area contributed by atoms with Gasteiger partial charge in [-0.05, 0) is 38.5 Å². The Morgan fingerprint density at radius 1 is 0.905 bits per heavy atom. The lowest BCUT2D eigenvalue weighted by molar-refractivity contribution is -0.137.